The molecule has 21 heavy (non-hydrogen) atoms. The number of carbonyl (C=O) groups is 1. The maximum absolute atomic E-state index is 11.0. The van der Waals surface area contributed by atoms with E-state index < -0.39 is 5.97 Å². The second kappa shape index (κ2) is 6.41. The number of rotatable bonds is 4. The van der Waals surface area contributed by atoms with E-state index >= 15 is 0 Å². The van der Waals surface area contributed by atoms with Crippen LogP contribution in [0.15, 0.2) is 42.5 Å². The highest BCUT2D eigenvalue weighted by Crippen LogP contribution is 2.29. The van der Waals surface area contributed by atoms with Crippen molar-refractivity contribution in [2.24, 2.45) is 5.92 Å². The van der Waals surface area contributed by atoms with Crippen molar-refractivity contribution < 1.29 is 9.90 Å². The summed E-state index contributed by atoms with van der Waals surface area (Å²) in [5, 5.41) is 9.03. The van der Waals surface area contributed by atoms with Gasteiger partial charge in [0.1, 0.15) is 0 Å². The number of piperidine rings is 1. The lowest BCUT2D eigenvalue weighted by atomic mass is 9.97. The van der Waals surface area contributed by atoms with E-state index in [1.165, 1.54) is 15.3 Å². The third-order valence-electron chi connectivity index (χ3n) is 4.04. The van der Waals surface area contributed by atoms with Gasteiger partial charge in [-0.25, -0.2) is 0 Å². The maximum atomic E-state index is 11.0. The third-order valence-corrected chi connectivity index (χ3v) is 5.16. The maximum Gasteiger partial charge on any atom is 0.306 e. The Labute approximate surface area is 128 Å². The second-order valence-corrected chi connectivity index (χ2v) is 6.69. The highest BCUT2D eigenvalue weighted by Gasteiger charge is 2.24. The fraction of sp³-hybridized carbons (Fsp3) is 0.353. The molecule has 110 valence electrons. The lowest BCUT2D eigenvalue weighted by Gasteiger charge is -2.29. The summed E-state index contributed by atoms with van der Waals surface area (Å²) in [7, 11) is 0. The van der Waals surface area contributed by atoms with Crippen LogP contribution in [-0.2, 0) is 11.3 Å². The van der Waals surface area contributed by atoms with Crippen LogP contribution in [0.25, 0.3) is 10.4 Å². The average molecular weight is 301 g/mol. The fourth-order valence-corrected chi connectivity index (χ4v) is 3.83. The molecule has 1 saturated heterocycles. The molecule has 1 aliphatic rings. The number of aliphatic carboxylic acids is 1. The van der Waals surface area contributed by atoms with Crippen molar-refractivity contribution in [1.29, 1.82) is 0 Å². The summed E-state index contributed by atoms with van der Waals surface area (Å²) in [6.07, 6.45) is 1.54. The molecule has 1 aliphatic heterocycles. The first-order valence-corrected chi connectivity index (χ1v) is 8.13. The van der Waals surface area contributed by atoms with E-state index in [9.17, 15) is 4.79 Å². The van der Waals surface area contributed by atoms with E-state index in [2.05, 4.69) is 41.3 Å². The Kier molecular flexibility index (Phi) is 4.36. The van der Waals surface area contributed by atoms with Gasteiger partial charge in [0.05, 0.1) is 5.92 Å². The molecule has 0 unspecified atom stereocenters. The van der Waals surface area contributed by atoms with Gasteiger partial charge >= 0.3 is 5.97 Å². The fourth-order valence-electron chi connectivity index (χ4n) is 2.78. The summed E-state index contributed by atoms with van der Waals surface area (Å²) in [4.78, 5) is 16.0. The minimum absolute atomic E-state index is 0.149. The SMILES string of the molecule is O=C(O)C1CCN(Cc2ccc(-c3ccccc3)s2)CC1. The topological polar surface area (TPSA) is 40.5 Å². The predicted molar refractivity (Wildman–Crippen MR) is 85.4 cm³/mol. The quantitative estimate of drug-likeness (QED) is 0.936. The number of benzene rings is 1. The zero-order chi connectivity index (χ0) is 14.7. The first-order valence-electron chi connectivity index (χ1n) is 7.31. The van der Waals surface area contributed by atoms with Gasteiger partial charge in [0.2, 0.25) is 0 Å². The van der Waals surface area contributed by atoms with Crippen molar-refractivity contribution in [3.63, 3.8) is 0 Å². The summed E-state index contributed by atoms with van der Waals surface area (Å²) in [5.74, 6) is -0.790. The molecular formula is C17H19NO2S. The van der Waals surface area contributed by atoms with Crippen LogP contribution in [0.5, 0.6) is 0 Å². The van der Waals surface area contributed by atoms with Crippen molar-refractivity contribution in [3.8, 4) is 10.4 Å². The minimum atomic E-state index is -0.642. The number of likely N-dealkylation sites (tertiary alicyclic amines) is 1. The zero-order valence-electron chi connectivity index (χ0n) is 11.9. The summed E-state index contributed by atoms with van der Waals surface area (Å²) < 4.78 is 0. The molecule has 3 rings (SSSR count). The Hall–Kier alpha value is -1.65. The molecule has 2 aromatic rings. The van der Waals surface area contributed by atoms with Crippen molar-refractivity contribution >= 4 is 17.3 Å². The summed E-state index contributed by atoms with van der Waals surface area (Å²) in [5.41, 5.74) is 1.26. The van der Waals surface area contributed by atoms with Crippen LogP contribution in [-0.4, -0.2) is 29.1 Å². The Morgan fingerprint density at radius 1 is 1.14 bits per heavy atom. The summed E-state index contributed by atoms with van der Waals surface area (Å²) in [6.45, 7) is 2.70. The molecule has 1 aromatic heterocycles. The van der Waals surface area contributed by atoms with Crippen molar-refractivity contribution in [3.05, 3.63) is 47.3 Å². The van der Waals surface area contributed by atoms with E-state index in [0.29, 0.717) is 0 Å². The number of nitrogens with zero attached hydrogens (tertiary/aromatic N) is 1. The number of carboxylic acids is 1. The molecule has 0 saturated carbocycles. The molecule has 1 aromatic carbocycles. The van der Waals surface area contributed by atoms with Crippen LogP contribution in [0.1, 0.15) is 17.7 Å². The number of carboxylic acid groups (broad SMARTS) is 1. The van der Waals surface area contributed by atoms with Crippen molar-refractivity contribution in [2.75, 3.05) is 13.1 Å². The van der Waals surface area contributed by atoms with E-state index in [1.54, 1.807) is 0 Å². The lowest BCUT2D eigenvalue weighted by molar-refractivity contribution is -0.143. The van der Waals surface area contributed by atoms with Gasteiger partial charge in [0.25, 0.3) is 0 Å². The molecular weight excluding hydrogens is 282 g/mol. The Balaban J connectivity index is 1.60. The van der Waals surface area contributed by atoms with E-state index in [0.717, 1.165) is 32.5 Å². The van der Waals surface area contributed by atoms with Crippen LogP contribution in [0.3, 0.4) is 0 Å². The Morgan fingerprint density at radius 3 is 2.52 bits per heavy atom. The lowest BCUT2D eigenvalue weighted by Crippen LogP contribution is -2.35. The van der Waals surface area contributed by atoms with Gasteiger partial charge in [-0.15, -0.1) is 11.3 Å². The van der Waals surface area contributed by atoms with Crippen LogP contribution in [0.4, 0.5) is 0 Å². The predicted octanol–water partition coefficient (Wildman–Crippen LogP) is 3.71. The molecule has 2 heterocycles. The van der Waals surface area contributed by atoms with E-state index in [-0.39, 0.29) is 5.92 Å². The zero-order valence-corrected chi connectivity index (χ0v) is 12.7. The van der Waals surface area contributed by atoms with Crippen molar-refractivity contribution in [2.45, 2.75) is 19.4 Å². The van der Waals surface area contributed by atoms with Crippen LogP contribution in [0.2, 0.25) is 0 Å². The van der Waals surface area contributed by atoms with Gasteiger partial charge in [0.15, 0.2) is 0 Å². The van der Waals surface area contributed by atoms with E-state index in [4.69, 9.17) is 5.11 Å². The average Bonchev–Trinajstić information content (AvgIpc) is 2.97. The van der Waals surface area contributed by atoms with Crippen LogP contribution in [0, 0.1) is 5.92 Å². The minimum Gasteiger partial charge on any atom is -0.481 e. The monoisotopic (exact) mass is 301 g/mol. The number of hydrogen-bond donors (Lipinski definition) is 1. The third kappa shape index (κ3) is 3.52. The van der Waals surface area contributed by atoms with Crippen LogP contribution >= 0.6 is 11.3 Å². The molecule has 1 N–H and O–H groups in total. The smallest absolute Gasteiger partial charge is 0.306 e. The van der Waals surface area contributed by atoms with Crippen LogP contribution < -0.4 is 0 Å². The molecule has 0 amide bonds. The highest BCUT2D eigenvalue weighted by atomic mass is 32.1. The standard InChI is InChI=1S/C17H19NO2S/c19-17(20)14-8-10-18(11-9-14)12-15-6-7-16(21-15)13-4-2-1-3-5-13/h1-7,14H,8-12H2,(H,19,20). The van der Waals surface area contributed by atoms with Crippen molar-refractivity contribution in [1.82, 2.24) is 4.90 Å². The van der Waals surface area contributed by atoms with Gasteiger partial charge in [-0.2, -0.15) is 0 Å². The molecule has 0 spiro atoms. The molecule has 4 heteroatoms. The normalized spacial score (nSPS) is 17.0. The van der Waals surface area contributed by atoms with Gasteiger partial charge in [0, 0.05) is 16.3 Å². The largest absolute Gasteiger partial charge is 0.481 e. The van der Waals surface area contributed by atoms with E-state index in [1.807, 2.05) is 17.4 Å². The molecule has 0 radical (unpaired) electrons. The van der Waals surface area contributed by atoms with Gasteiger partial charge in [-0.1, -0.05) is 30.3 Å². The van der Waals surface area contributed by atoms with Gasteiger partial charge in [-0.05, 0) is 43.6 Å². The second-order valence-electron chi connectivity index (χ2n) is 5.52. The summed E-state index contributed by atoms with van der Waals surface area (Å²) >= 11 is 1.83. The molecule has 0 aliphatic carbocycles. The molecule has 1 fully saturated rings. The molecule has 0 bridgehead atoms. The van der Waals surface area contributed by atoms with Gasteiger partial charge < -0.3 is 5.11 Å². The number of hydrogen-bond acceptors (Lipinski definition) is 3. The highest BCUT2D eigenvalue weighted by molar-refractivity contribution is 7.15. The first kappa shape index (κ1) is 14.3. The first-order chi connectivity index (χ1) is 10.2. The summed E-state index contributed by atoms with van der Waals surface area (Å²) in [6, 6.07) is 14.8. The molecule has 3 nitrogen and oxygen atoms in total. The number of thiophene rings is 1. The molecule has 0 atom stereocenters. The Bertz CT molecular complexity index is 600. The Morgan fingerprint density at radius 2 is 1.86 bits per heavy atom. The van der Waals surface area contributed by atoms with Gasteiger partial charge in [-0.3, -0.25) is 9.69 Å².